The van der Waals surface area contributed by atoms with E-state index in [-0.39, 0.29) is 12.5 Å². The van der Waals surface area contributed by atoms with Crippen molar-refractivity contribution in [2.45, 2.75) is 13.5 Å². The lowest BCUT2D eigenvalue weighted by molar-refractivity contribution is 0.0925. The number of ether oxygens (including phenoxy) is 1. The molecular formula is C20H22N2O3. The number of hydrogen-bond acceptors (Lipinski definition) is 4. The molecule has 0 saturated heterocycles. The fraction of sp³-hybridized carbons (Fsp3) is 0.250. The van der Waals surface area contributed by atoms with Crippen molar-refractivity contribution in [3.63, 3.8) is 0 Å². The highest BCUT2D eigenvalue weighted by Crippen LogP contribution is 2.27. The number of likely N-dealkylation sites (N-methyl/N-ethyl adjacent to an activating group) is 1. The lowest BCUT2D eigenvalue weighted by Gasteiger charge is -2.08. The summed E-state index contributed by atoms with van der Waals surface area (Å²) in [7, 11) is 0. The second-order valence-corrected chi connectivity index (χ2v) is 5.62. The molecule has 1 heterocycles. The van der Waals surface area contributed by atoms with Crippen LogP contribution in [0.4, 0.5) is 0 Å². The van der Waals surface area contributed by atoms with E-state index in [2.05, 4.69) is 10.6 Å². The first-order valence-corrected chi connectivity index (χ1v) is 8.46. The Morgan fingerprint density at radius 2 is 1.80 bits per heavy atom. The molecule has 0 bridgehead atoms. The van der Waals surface area contributed by atoms with E-state index < -0.39 is 0 Å². The smallest absolute Gasteiger partial charge is 0.287 e. The van der Waals surface area contributed by atoms with Crippen molar-refractivity contribution >= 4 is 16.9 Å². The van der Waals surface area contributed by atoms with Gasteiger partial charge in [-0.2, -0.15) is 0 Å². The summed E-state index contributed by atoms with van der Waals surface area (Å²) in [4.78, 5) is 12.5. The molecule has 130 valence electrons. The highest BCUT2D eigenvalue weighted by Gasteiger charge is 2.20. The molecule has 0 spiro atoms. The van der Waals surface area contributed by atoms with Gasteiger partial charge >= 0.3 is 0 Å². The molecular weight excluding hydrogens is 316 g/mol. The van der Waals surface area contributed by atoms with Crippen LogP contribution in [0.3, 0.4) is 0 Å². The SMILES string of the molecule is CCNCCNC(=O)c1oc2ccccc2c1COc1ccccc1. The monoisotopic (exact) mass is 338 g/mol. The van der Waals surface area contributed by atoms with E-state index in [0.717, 1.165) is 29.8 Å². The van der Waals surface area contributed by atoms with Crippen molar-refractivity contribution in [2.24, 2.45) is 0 Å². The lowest BCUT2D eigenvalue weighted by Crippen LogP contribution is -2.32. The van der Waals surface area contributed by atoms with E-state index in [0.29, 0.717) is 17.9 Å². The van der Waals surface area contributed by atoms with E-state index >= 15 is 0 Å². The predicted octanol–water partition coefficient (Wildman–Crippen LogP) is 3.35. The third kappa shape index (κ3) is 4.19. The van der Waals surface area contributed by atoms with E-state index in [1.807, 2.05) is 61.5 Å². The average Bonchev–Trinajstić information content (AvgIpc) is 3.03. The molecule has 0 fully saturated rings. The maximum Gasteiger partial charge on any atom is 0.287 e. The number of carbonyl (C=O) groups excluding carboxylic acids is 1. The number of para-hydroxylation sites is 2. The van der Waals surface area contributed by atoms with Gasteiger partial charge in [-0.1, -0.05) is 43.3 Å². The summed E-state index contributed by atoms with van der Waals surface area (Å²) in [6.07, 6.45) is 0. The van der Waals surface area contributed by atoms with Crippen LogP contribution in [-0.2, 0) is 6.61 Å². The van der Waals surface area contributed by atoms with Gasteiger partial charge in [0.05, 0.1) is 0 Å². The molecule has 0 aliphatic heterocycles. The molecule has 1 aromatic heterocycles. The quantitative estimate of drug-likeness (QED) is 0.618. The molecule has 0 saturated carbocycles. The van der Waals surface area contributed by atoms with Crippen LogP contribution in [0.25, 0.3) is 11.0 Å². The van der Waals surface area contributed by atoms with Gasteiger partial charge in [-0.3, -0.25) is 4.79 Å². The number of fused-ring (bicyclic) bond motifs is 1. The van der Waals surface area contributed by atoms with Crippen LogP contribution < -0.4 is 15.4 Å². The van der Waals surface area contributed by atoms with Crippen LogP contribution in [-0.4, -0.2) is 25.5 Å². The first kappa shape index (κ1) is 17.0. The molecule has 5 heteroatoms. The van der Waals surface area contributed by atoms with Crippen molar-refractivity contribution in [1.82, 2.24) is 10.6 Å². The van der Waals surface area contributed by atoms with Gasteiger partial charge in [-0.25, -0.2) is 0 Å². The third-order valence-electron chi connectivity index (χ3n) is 3.87. The largest absolute Gasteiger partial charge is 0.489 e. The molecule has 25 heavy (non-hydrogen) atoms. The lowest BCUT2D eigenvalue weighted by atomic mass is 10.1. The summed E-state index contributed by atoms with van der Waals surface area (Å²) in [6.45, 7) is 4.44. The summed E-state index contributed by atoms with van der Waals surface area (Å²) in [5.74, 6) is 0.848. The zero-order chi connectivity index (χ0) is 17.5. The number of benzene rings is 2. The van der Waals surface area contributed by atoms with Crippen LogP contribution in [0.1, 0.15) is 23.0 Å². The highest BCUT2D eigenvalue weighted by molar-refractivity contribution is 5.99. The van der Waals surface area contributed by atoms with Crippen molar-refractivity contribution in [2.75, 3.05) is 19.6 Å². The van der Waals surface area contributed by atoms with Crippen molar-refractivity contribution in [3.05, 3.63) is 65.9 Å². The second-order valence-electron chi connectivity index (χ2n) is 5.62. The van der Waals surface area contributed by atoms with Gasteiger partial charge in [0.2, 0.25) is 0 Å². The molecule has 3 aromatic rings. The minimum atomic E-state index is -0.222. The Labute approximate surface area is 147 Å². The van der Waals surface area contributed by atoms with E-state index in [1.54, 1.807) is 0 Å². The van der Waals surface area contributed by atoms with Crippen molar-refractivity contribution < 1.29 is 13.9 Å². The molecule has 0 unspecified atom stereocenters. The number of furan rings is 1. The summed E-state index contributed by atoms with van der Waals surface area (Å²) < 4.78 is 11.6. The Kier molecular flexibility index (Phi) is 5.69. The third-order valence-corrected chi connectivity index (χ3v) is 3.87. The van der Waals surface area contributed by atoms with Gasteiger partial charge in [-0.15, -0.1) is 0 Å². The second kappa shape index (κ2) is 8.35. The summed E-state index contributed by atoms with van der Waals surface area (Å²) in [6, 6.07) is 17.2. The molecule has 5 nitrogen and oxygen atoms in total. The fourth-order valence-electron chi connectivity index (χ4n) is 2.62. The maximum absolute atomic E-state index is 12.5. The first-order chi connectivity index (χ1) is 12.3. The van der Waals surface area contributed by atoms with Gasteiger partial charge in [0.15, 0.2) is 5.76 Å². The molecule has 3 rings (SSSR count). The Morgan fingerprint density at radius 1 is 1.04 bits per heavy atom. The van der Waals surface area contributed by atoms with Crippen molar-refractivity contribution in [3.8, 4) is 5.75 Å². The maximum atomic E-state index is 12.5. The van der Waals surface area contributed by atoms with Gasteiger partial charge in [0, 0.05) is 24.0 Å². The minimum absolute atomic E-state index is 0.222. The van der Waals surface area contributed by atoms with Crippen molar-refractivity contribution in [1.29, 1.82) is 0 Å². The molecule has 1 amide bonds. The molecule has 0 radical (unpaired) electrons. The summed E-state index contributed by atoms with van der Waals surface area (Å²) in [5, 5.41) is 6.95. The Balaban J connectivity index is 1.80. The molecule has 2 aromatic carbocycles. The van der Waals surface area contributed by atoms with Crippen LogP contribution in [0, 0.1) is 0 Å². The topological polar surface area (TPSA) is 63.5 Å². The normalized spacial score (nSPS) is 10.8. The van der Waals surface area contributed by atoms with Crippen LogP contribution >= 0.6 is 0 Å². The van der Waals surface area contributed by atoms with Gasteiger partial charge in [0.25, 0.3) is 5.91 Å². The molecule has 0 atom stereocenters. The van der Waals surface area contributed by atoms with Crippen LogP contribution in [0.15, 0.2) is 59.0 Å². The van der Waals surface area contributed by atoms with E-state index in [9.17, 15) is 4.79 Å². The highest BCUT2D eigenvalue weighted by atomic mass is 16.5. The molecule has 0 aliphatic carbocycles. The first-order valence-electron chi connectivity index (χ1n) is 8.46. The predicted molar refractivity (Wildman–Crippen MR) is 97.9 cm³/mol. The van der Waals surface area contributed by atoms with Gasteiger partial charge < -0.3 is 19.8 Å². The zero-order valence-electron chi connectivity index (χ0n) is 14.2. The fourth-order valence-corrected chi connectivity index (χ4v) is 2.62. The molecule has 2 N–H and O–H groups in total. The number of hydrogen-bond donors (Lipinski definition) is 2. The Bertz CT molecular complexity index is 827. The summed E-state index contributed by atoms with van der Waals surface area (Å²) in [5.41, 5.74) is 1.45. The van der Waals surface area contributed by atoms with Crippen LogP contribution in [0.5, 0.6) is 5.75 Å². The Morgan fingerprint density at radius 3 is 2.60 bits per heavy atom. The van der Waals surface area contributed by atoms with Gasteiger partial charge in [0.1, 0.15) is 17.9 Å². The number of rotatable bonds is 8. The van der Waals surface area contributed by atoms with Gasteiger partial charge in [-0.05, 0) is 24.7 Å². The van der Waals surface area contributed by atoms with Crippen LogP contribution in [0.2, 0.25) is 0 Å². The molecule has 0 aliphatic rings. The van der Waals surface area contributed by atoms with E-state index in [1.165, 1.54) is 0 Å². The standard InChI is InChI=1S/C20H22N2O3/c1-2-21-12-13-22-20(23)19-17(14-24-15-8-4-3-5-9-15)16-10-6-7-11-18(16)25-19/h3-11,21H,2,12-14H2,1H3,(H,22,23). The number of nitrogens with one attached hydrogen (secondary N) is 2. The Hall–Kier alpha value is -2.79. The summed E-state index contributed by atoms with van der Waals surface area (Å²) >= 11 is 0. The number of carbonyl (C=O) groups is 1. The minimum Gasteiger partial charge on any atom is -0.489 e. The number of amides is 1. The zero-order valence-corrected chi connectivity index (χ0v) is 14.2. The average molecular weight is 338 g/mol. The van der Waals surface area contributed by atoms with E-state index in [4.69, 9.17) is 9.15 Å².